The fraction of sp³-hybridized carbons (Fsp3) is 0.467. The van der Waals surface area contributed by atoms with E-state index >= 15 is 0 Å². The van der Waals surface area contributed by atoms with Crippen LogP contribution in [0, 0.1) is 0 Å². The largest absolute Gasteiger partial charge is 0.472 e. The summed E-state index contributed by atoms with van der Waals surface area (Å²) in [4.78, 5) is 18.6. The molecule has 0 aliphatic heterocycles. The third-order valence-electron chi connectivity index (χ3n) is 3.90. The Balaban J connectivity index is 1.89. The number of ether oxygens (including phenoxy) is 1. The van der Waals surface area contributed by atoms with Gasteiger partial charge in [-0.2, -0.15) is 4.98 Å². The predicted molar refractivity (Wildman–Crippen MR) is 77.2 cm³/mol. The zero-order valence-electron chi connectivity index (χ0n) is 11.8. The Morgan fingerprint density at radius 1 is 1.35 bits per heavy atom. The summed E-state index contributed by atoms with van der Waals surface area (Å²) in [5.74, 6) is 0.431. The van der Waals surface area contributed by atoms with Crippen LogP contribution >= 0.6 is 0 Å². The zero-order chi connectivity index (χ0) is 14.1. The summed E-state index contributed by atoms with van der Waals surface area (Å²) < 4.78 is 7.49. The Kier molecular flexibility index (Phi) is 3.44. The molecule has 2 heterocycles. The molecule has 0 radical (unpaired) electrons. The number of aromatic nitrogens is 2. The summed E-state index contributed by atoms with van der Waals surface area (Å²) in [6.07, 6.45) is 5.12. The number of likely N-dealkylation sites (N-methyl/N-ethyl adjacent to an activating group) is 1. The number of nitrogens with zero attached hydrogens (tertiary/aromatic N) is 3. The third kappa shape index (κ3) is 2.41. The van der Waals surface area contributed by atoms with Gasteiger partial charge in [-0.05, 0) is 45.5 Å². The van der Waals surface area contributed by atoms with Gasteiger partial charge in [0.2, 0.25) is 5.88 Å². The average Bonchev–Trinajstić information content (AvgIpc) is 2.87. The molecule has 0 aromatic carbocycles. The number of hydrogen-bond acceptors (Lipinski definition) is 4. The van der Waals surface area contributed by atoms with Gasteiger partial charge in [-0.3, -0.25) is 9.20 Å². The Labute approximate surface area is 117 Å². The molecule has 0 N–H and O–H groups in total. The van der Waals surface area contributed by atoms with E-state index < -0.39 is 0 Å². The number of rotatable bonds is 3. The molecule has 0 spiro atoms. The van der Waals surface area contributed by atoms with Gasteiger partial charge in [0.1, 0.15) is 11.8 Å². The van der Waals surface area contributed by atoms with Crippen LogP contribution in [0.25, 0.3) is 5.65 Å². The van der Waals surface area contributed by atoms with E-state index in [1.54, 1.807) is 6.20 Å². The second kappa shape index (κ2) is 5.25. The summed E-state index contributed by atoms with van der Waals surface area (Å²) in [6.45, 7) is 0. The maximum absolute atomic E-state index is 12.0. The van der Waals surface area contributed by atoms with E-state index in [9.17, 15) is 4.79 Å². The normalized spacial score (nSPS) is 22.6. The van der Waals surface area contributed by atoms with Crippen LogP contribution in [-0.2, 0) is 0 Å². The second-order valence-corrected chi connectivity index (χ2v) is 5.48. The molecule has 1 aliphatic carbocycles. The van der Waals surface area contributed by atoms with Crippen LogP contribution in [-0.4, -0.2) is 40.5 Å². The molecule has 2 aromatic rings. The minimum atomic E-state index is -0.106. The lowest BCUT2D eigenvalue weighted by Gasteiger charge is -2.26. The highest BCUT2D eigenvalue weighted by atomic mass is 16.5. The Morgan fingerprint density at radius 3 is 3.00 bits per heavy atom. The van der Waals surface area contributed by atoms with Crippen molar-refractivity contribution in [2.75, 3.05) is 14.1 Å². The zero-order valence-corrected chi connectivity index (χ0v) is 11.8. The summed E-state index contributed by atoms with van der Waals surface area (Å²) in [7, 11) is 4.13. The SMILES string of the molecule is CN(C)C1CCCC1Oc1cc(=O)n2ccccc2n1. The lowest BCUT2D eigenvalue weighted by Crippen LogP contribution is -2.38. The van der Waals surface area contributed by atoms with Crippen LogP contribution in [0.4, 0.5) is 0 Å². The van der Waals surface area contributed by atoms with Crippen molar-refractivity contribution in [3.05, 3.63) is 40.8 Å². The third-order valence-corrected chi connectivity index (χ3v) is 3.90. The molecule has 0 bridgehead atoms. The standard InChI is InChI=1S/C15H19N3O2/c1-17(2)11-6-5-7-12(11)20-14-10-15(19)18-9-4-3-8-13(18)16-14/h3-4,8-12H,5-7H2,1-2H3. The molecule has 106 valence electrons. The van der Waals surface area contributed by atoms with Crippen LogP contribution < -0.4 is 10.3 Å². The molecule has 3 rings (SSSR count). The van der Waals surface area contributed by atoms with Crippen molar-refractivity contribution in [3.63, 3.8) is 0 Å². The molecule has 1 saturated carbocycles. The summed E-state index contributed by atoms with van der Waals surface area (Å²) in [6, 6.07) is 7.36. The summed E-state index contributed by atoms with van der Waals surface area (Å²) >= 11 is 0. The first-order valence-electron chi connectivity index (χ1n) is 6.97. The van der Waals surface area contributed by atoms with Gasteiger partial charge in [0.05, 0.1) is 6.07 Å². The fourth-order valence-electron chi connectivity index (χ4n) is 2.88. The minimum Gasteiger partial charge on any atom is -0.472 e. The molecular weight excluding hydrogens is 254 g/mol. The van der Waals surface area contributed by atoms with Gasteiger partial charge in [-0.25, -0.2) is 0 Å². The average molecular weight is 273 g/mol. The van der Waals surface area contributed by atoms with E-state index in [1.807, 2.05) is 18.2 Å². The maximum atomic E-state index is 12.0. The van der Waals surface area contributed by atoms with Gasteiger partial charge >= 0.3 is 0 Å². The lowest BCUT2D eigenvalue weighted by atomic mass is 10.2. The quantitative estimate of drug-likeness (QED) is 0.851. The van der Waals surface area contributed by atoms with Gasteiger partial charge in [0, 0.05) is 12.2 Å². The molecule has 5 heteroatoms. The van der Waals surface area contributed by atoms with Crippen molar-refractivity contribution in [2.24, 2.45) is 0 Å². The molecule has 2 unspecified atom stereocenters. The van der Waals surface area contributed by atoms with E-state index in [0.29, 0.717) is 17.6 Å². The van der Waals surface area contributed by atoms with Crippen LogP contribution in [0.3, 0.4) is 0 Å². The van der Waals surface area contributed by atoms with Crippen LogP contribution in [0.15, 0.2) is 35.3 Å². The Hall–Kier alpha value is -1.88. The molecule has 5 nitrogen and oxygen atoms in total. The van der Waals surface area contributed by atoms with E-state index in [4.69, 9.17) is 4.74 Å². The van der Waals surface area contributed by atoms with Gasteiger partial charge in [-0.1, -0.05) is 6.07 Å². The van der Waals surface area contributed by atoms with Crippen LogP contribution in [0.2, 0.25) is 0 Å². The number of fused-ring (bicyclic) bond motifs is 1. The monoisotopic (exact) mass is 273 g/mol. The Morgan fingerprint density at radius 2 is 2.20 bits per heavy atom. The molecule has 0 saturated heterocycles. The molecule has 1 fully saturated rings. The smallest absolute Gasteiger partial charge is 0.261 e. The first kappa shape index (κ1) is 13.1. The van der Waals surface area contributed by atoms with E-state index in [-0.39, 0.29) is 11.7 Å². The Bertz CT molecular complexity index is 665. The highest BCUT2D eigenvalue weighted by Crippen LogP contribution is 2.26. The lowest BCUT2D eigenvalue weighted by molar-refractivity contribution is 0.116. The topological polar surface area (TPSA) is 46.8 Å². The summed E-state index contributed by atoms with van der Waals surface area (Å²) in [5.41, 5.74) is 0.513. The van der Waals surface area contributed by atoms with Crippen molar-refractivity contribution in [2.45, 2.75) is 31.4 Å². The highest BCUT2D eigenvalue weighted by Gasteiger charge is 2.30. The second-order valence-electron chi connectivity index (χ2n) is 5.48. The molecular formula is C15H19N3O2. The maximum Gasteiger partial charge on any atom is 0.261 e. The van der Waals surface area contributed by atoms with E-state index in [1.165, 1.54) is 10.5 Å². The van der Waals surface area contributed by atoms with Crippen molar-refractivity contribution in [1.29, 1.82) is 0 Å². The molecule has 0 amide bonds. The van der Waals surface area contributed by atoms with Crippen molar-refractivity contribution in [3.8, 4) is 5.88 Å². The fourth-order valence-corrected chi connectivity index (χ4v) is 2.88. The minimum absolute atomic E-state index is 0.106. The molecule has 2 atom stereocenters. The molecule has 20 heavy (non-hydrogen) atoms. The number of pyridine rings is 1. The first-order valence-corrected chi connectivity index (χ1v) is 6.97. The first-order chi connectivity index (χ1) is 9.65. The van der Waals surface area contributed by atoms with Gasteiger partial charge in [0.15, 0.2) is 0 Å². The van der Waals surface area contributed by atoms with Crippen LogP contribution in [0.5, 0.6) is 5.88 Å². The predicted octanol–water partition coefficient (Wildman–Crippen LogP) is 1.56. The van der Waals surface area contributed by atoms with Crippen molar-refractivity contribution in [1.82, 2.24) is 14.3 Å². The summed E-state index contributed by atoms with van der Waals surface area (Å²) in [5, 5.41) is 0. The van der Waals surface area contributed by atoms with E-state index in [2.05, 4.69) is 24.0 Å². The van der Waals surface area contributed by atoms with E-state index in [0.717, 1.165) is 19.3 Å². The van der Waals surface area contributed by atoms with Crippen molar-refractivity contribution >= 4 is 5.65 Å². The van der Waals surface area contributed by atoms with Crippen LogP contribution in [0.1, 0.15) is 19.3 Å². The van der Waals surface area contributed by atoms with Crippen molar-refractivity contribution < 1.29 is 4.74 Å². The number of hydrogen-bond donors (Lipinski definition) is 0. The van der Waals surface area contributed by atoms with Gasteiger partial charge < -0.3 is 9.64 Å². The highest BCUT2D eigenvalue weighted by molar-refractivity contribution is 5.39. The van der Waals surface area contributed by atoms with Gasteiger partial charge in [-0.15, -0.1) is 0 Å². The molecule has 2 aromatic heterocycles. The molecule has 1 aliphatic rings. The van der Waals surface area contributed by atoms with Gasteiger partial charge in [0.25, 0.3) is 5.56 Å².